The van der Waals surface area contributed by atoms with Gasteiger partial charge in [-0.3, -0.25) is 0 Å². The second kappa shape index (κ2) is 4.71. The lowest BCUT2D eigenvalue weighted by Gasteiger charge is -1.85. The van der Waals surface area contributed by atoms with Crippen LogP contribution in [0.25, 0.3) is 11.1 Å². The van der Waals surface area contributed by atoms with E-state index in [1.807, 2.05) is 46.9 Å². The molecule has 1 aromatic heterocycles. The highest BCUT2D eigenvalue weighted by atomic mass is 127. The number of fused-ring (bicyclic) bond motifs is 1. The molecular formula is C10H6INOS. The van der Waals surface area contributed by atoms with Gasteiger partial charge in [0.2, 0.25) is 0 Å². The fraction of sp³-hybridized carbons (Fsp3) is 0.100. The summed E-state index contributed by atoms with van der Waals surface area (Å²) in [6.07, 6.45) is 0. The number of benzene rings is 1. The predicted molar refractivity (Wildman–Crippen MR) is 66.5 cm³/mol. The van der Waals surface area contributed by atoms with Crippen LogP contribution in [0.2, 0.25) is 0 Å². The molecule has 0 bridgehead atoms. The molecule has 0 aliphatic rings. The molecule has 1 aromatic carbocycles. The molecule has 0 unspecified atom stereocenters. The SMILES string of the molecule is IC#CCSc1nc2ccccc2o1. The molecule has 2 aromatic rings. The molecule has 0 spiro atoms. The van der Waals surface area contributed by atoms with Crippen molar-refractivity contribution in [3.05, 3.63) is 24.3 Å². The fourth-order valence-electron chi connectivity index (χ4n) is 1.04. The van der Waals surface area contributed by atoms with Crippen molar-refractivity contribution in [2.45, 2.75) is 5.22 Å². The Hall–Kier alpha value is -0.670. The maximum Gasteiger partial charge on any atom is 0.257 e. The lowest BCUT2D eigenvalue weighted by Crippen LogP contribution is -1.72. The second-order valence-corrected chi connectivity index (χ2v) is 3.97. The lowest BCUT2D eigenvalue weighted by atomic mass is 10.3. The summed E-state index contributed by atoms with van der Waals surface area (Å²) in [5.41, 5.74) is 1.73. The minimum absolute atomic E-state index is 0.686. The van der Waals surface area contributed by atoms with Crippen LogP contribution in [0.3, 0.4) is 0 Å². The van der Waals surface area contributed by atoms with Crippen LogP contribution >= 0.6 is 34.4 Å². The molecular weight excluding hydrogens is 309 g/mol. The number of halogens is 1. The van der Waals surface area contributed by atoms with Crippen LogP contribution in [0, 0.1) is 9.85 Å². The summed E-state index contributed by atoms with van der Waals surface area (Å²) >= 11 is 3.53. The van der Waals surface area contributed by atoms with Gasteiger partial charge in [0.05, 0.1) is 5.75 Å². The van der Waals surface area contributed by atoms with Gasteiger partial charge in [-0.15, -0.1) is 0 Å². The van der Waals surface area contributed by atoms with E-state index < -0.39 is 0 Å². The van der Waals surface area contributed by atoms with Gasteiger partial charge in [-0.2, -0.15) is 0 Å². The first-order chi connectivity index (χ1) is 6.90. The Labute approximate surface area is 99.6 Å². The molecule has 0 radical (unpaired) electrons. The number of aromatic nitrogens is 1. The standard InChI is InChI=1S/C10H6INOS/c11-6-3-7-14-10-12-8-4-1-2-5-9(8)13-10/h1-2,4-5H,7H2. The summed E-state index contributed by atoms with van der Waals surface area (Å²) in [6, 6.07) is 7.74. The number of thioether (sulfide) groups is 1. The zero-order valence-corrected chi connectivity index (χ0v) is 10.1. The van der Waals surface area contributed by atoms with Gasteiger partial charge in [0.25, 0.3) is 5.22 Å². The van der Waals surface area contributed by atoms with Crippen molar-refractivity contribution < 1.29 is 4.42 Å². The van der Waals surface area contributed by atoms with Gasteiger partial charge in [0, 0.05) is 22.6 Å². The van der Waals surface area contributed by atoms with Crippen LogP contribution < -0.4 is 0 Å². The molecule has 0 aliphatic carbocycles. The average molecular weight is 315 g/mol. The zero-order valence-electron chi connectivity index (χ0n) is 7.16. The summed E-state index contributed by atoms with van der Waals surface area (Å²) in [7, 11) is 0. The van der Waals surface area contributed by atoms with Gasteiger partial charge < -0.3 is 4.42 Å². The summed E-state index contributed by atoms with van der Waals surface area (Å²) in [6.45, 7) is 0. The third-order valence-corrected chi connectivity index (χ3v) is 2.70. The van der Waals surface area contributed by atoms with Crippen molar-refractivity contribution >= 4 is 45.5 Å². The lowest BCUT2D eigenvalue weighted by molar-refractivity contribution is 0.490. The Morgan fingerprint density at radius 1 is 1.43 bits per heavy atom. The molecule has 4 heteroatoms. The molecule has 70 valence electrons. The highest BCUT2D eigenvalue weighted by Crippen LogP contribution is 2.22. The van der Waals surface area contributed by atoms with Crippen molar-refractivity contribution in [2.24, 2.45) is 0 Å². The molecule has 0 N–H and O–H groups in total. The molecule has 0 fully saturated rings. The summed E-state index contributed by atoms with van der Waals surface area (Å²) in [5, 5.41) is 0.686. The van der Waals surface area contributed by atoms with Crippen LogP contribution in [0.1, 0.15) is 0 Å². The smallest absolute Gasteiger partial charge is 0.257 e. The number of hydrogen-bond donors (Lipinski definition) is 0. The predicted octanol–water partition coefficient (Wildman–Crippen LogP) is 3.32. The van der Waals surface area contributed by atoms with Crippen molar-refractivity contribution in [1.82, 2.24) is 4.98 Å². The van der Waals surface area contributed by atoms with E-state index in [4.69, 9.17) is 4.42 Å². The first kappa shape index (κ1) is 9.87. The highest BCUT2D eigenvalue weighted by Gasteiger charge is 2.03. The quantitative estimate of drug-likeness (QED) is 0.483. The normalized spacial score (nSPS) is 9.79. The van der Waals surface area contributed by atoms with Crippen LogP contribution in [0.15, 0.2) is 33.9 Å². The van der Waals surface area contributed by atoms with Gasteiger partial charge in [-0.25, -0.2) is 4.98 Å². The van der Waals surface area contributed by atoms with E-state index in [1.165, 1.54) is 11.8 Å². The summed E-state index contributed by atoms with van der Waals surface area (Å²) in [5.74, 6) is 3.66. The molecule has 2 nitrogen and oxygen atoms in total. The van der Waals surface area contributed by atoms with Gasteiger partial charge >= 0.3 is 0 Å². The molecule has 2 rings (SSSR count). The largest absolute Gasteiger partial charge is 0.431 e. The van der Waals surface area contributed by atoms with Gasteiger partial charge in [-0.1, -0.05) is 29.8 Å². The topological polar surface area (TPSA) is 26.0 Å². The van der Waals surface area contributed by atoms with E-state index in [0.29, 0.717) is 5.22 Å². The molecule has 0 saturated carbocycles. The van der Waals surface area contributed by atoms with E-state index in [1.54, 1.807) is 0 Å². The first-order valence-corrected chi connectivity index (χ1v) is 6.03. The maximum absolute atomic E-state index is 5.50. The minimum Gasteiger partial charge on any atom is -0.431 e. The Morgan fingerprint density at radius 3 is 3.07 bits per heavy atom. The first-order valence-electron chi connectivity index (χ1n) is 3.97. The van der Waals surface area contributed by atoms with Crippen molar-refractivity contribution in [1.29, 1.82) is 0 Å². The summed E-state index contributed by atoms with van der Waals surface area (Å²) in [4.78, 5) is 4.31. The minimum atomic E-state index is 0.686. The number of oxazole rings is 1. The monoisotopic (exact) mass is 315 g/mol. The Balaban J connectivity index is 2.21. The maximum atomic E-state index is 5.50. The Morgan fingerprint density at radius 2 is 2.29 bits per heavy atom. The van der Waals surface area contributed by atoms with Crippen LogP contribution in [-0.2, 0) is 0 Å². The van der Waals surface area contributed by atoms with Crippen LogP contribution in [0.4, 0.5) is 0 Å². The zero-order chi connectivity index (χ0) is 9.80. The molecule has 0 aliphatic heterocycles. The van der Waals surface area contributed by atoms with Gasteiger partial charge in [0.1, 0.15) is 5.52 Å². The molecule has 0 saturated heterocycles. The van der Waals surface area contributed by atoms with E-state index in [0.717, 1.165) is 16.9 Å². The van der Waals surface area contributed by atoms with Crippen LogP contribution in [0.5, 0.6) is 0 Å². The second-order valence-electron chi connectivity index (χ2n) is 2.51. The van der Waals surface area contributed by atoms with Gasteiger partial charge in [0.15, 0.2) is 5.58 Å². The fourth-order valence-corrected chi connectivity index (χ4v) is 2.07. The highest BCUT2D eigenvalue weighted by molar-refractivity contribution is 14.1. The van der Waals surface area contributed by atoms with Crippen LogP contribution in [-0.4, -0.2) is 10.7 Å². The Bertz CT molecular complexity index is 464. The van der Waals surface area contributed by atoms with E-state index in [9.17, 15) is 0 Å². The van der Waals surface area contributed by atoms with Gasteiger partial charge in [-0.05, 0) is 16.1 Å². The van der Waals surface area contributed by atoms with E-state index in [-0.39, 0.29) is 0 Å². The molecule has 1 heterocycles. The number of rotatable bonds is 2. The molecule has 0 amide bonds. The van der Waals surface area contributed by atoms with Crippen molar-refractivity contribution in [3.63, 3.8) is 0 Å². The molecule has 14 heavy (non-hydrogen) atoms. The third-order valence-electron chi connectivity index (χ3n) is 1.61. The molecule has 0 atom stereocenters. The number of hydrogen-bond acceptors (Lipinski definition) is 3. The summed E-state index contributed by atoms with van der Waals surface area (Å²) < 4.78 is 8.30. The van der Waals surface area contributed by atoms with E-state index >= 15 is 0 Å². The average Bonchev–Trinajstić information content (AvgIpc) is 2.60. The third kappa shape index (κ3) is 2.22. The van der Waals surface area contributed by atoms with Crippen molar-refractivity contribution in [2.75, 3.05) is 5.75 Å². The van der Waals surface area contributed by atoms with E-state index in [2.05, 4.69) is 14.8 Å². The number of nitrogens with zero attached hydrogens (tertiary/aromatic N) is 1. The number of para-hydroxylation sites is 2. The Kier molecular flexibility index (Phi) is 3.32. The van der Waals surface area contributed by atoms with Crippen molar-refractivity contribution in [3.8, 4) is 9.85 Å².